The molecule has 0 spiro atoms. The fraction of sp³-hybridized carbons (Fsp3) is 0.600. The summed E-state index contributed by atoms with van der Waals surface area (Å²) in [6, 6.07) is 4.50. The number of aryl methyl sites for hydroxylation is 1. The fourth-order valence-electron chi connectivity index (χ4n) is 3.05. The van der Waals surface area contributed by atoms with Crippen molar-refractivity contribution in [3.63, 3.8) is 0 Å². The van der Waals surface area contributed by atoms with E-state index in [1.165, 1.54) is 23.3 Å². The van der Waals surface area contributed by atoms with E-state index in [4.69, 9.17) is 5.26 Å². The minimum Gasteiger partial charge on any atom is -0.322 e. The smallest absolute Gasteiger partial charge is 0.265 e. The molecule has 0 saturated heterocycles. The van der Waals surface area contributed by atoms with Crippen LogP contribution in [0.1, 0.15) is 45.8 Å². The Labute approximate surface area is 128 Å². The van der Waals surface area contributed by atoms with Crippen molar-refractivity contribution in [2.24, 2.45) is 0 Å². The monoisotopic (exact) mass is 306 g/mol. The van der Waals surface area contributed by atoms with Gasteiger partial charge in [-0.2, -0.15) is 17.0 Å². The molecule has 0 N–H and O–H groups in total. The quantitative estimate of drug-likeness (QED) is 0.803. The fourth-order valence-corrected chi connectivity index (χ4v) is 5.38. The van der Waals surface area contributed by atoms with Crippen molar-refractivity contribution in [2.45, 2.75) is 43.9 Å². The number of fused-ring (bicyclic) bond motifs is 1. The predicted molar refractivity (Wildman–Crippen MR) is 83.1 cm³/mol. The first-order valence-corrected chi connectivity index (χ1v) is 9.14. The number of hydrogen-bond donors (Lipinski definition) is 0. The van der Waals surface area contributed by atoms with Crippen LogP contribution in [0.3, 0.4) is 0 Å². The second-order valence-corrected chi connectivity index (χ2v) is 7.63. The standard InChI is InChI=1S/C15H18N2OS2/c16-6-7-17(12-3-1-2-4-12)15(18)14-9-11-10-19-8-5-13(11)20-14/h9,12H,1-5,7-8,10H2. The second-order valence-electron chi connectivity index (χ2n) is 5.39. The van der Waals surface area contributed by atoms with E-state index in [1.54, 1.807) is 16.2 Å². The molecule has 0 radical (unpaired) electrons. The van der Waals surface area contributed by atoms with Crippen LogP contribution in [0.15, 0.2) is 6.07 Å². The normalized spacial score (nSPS) is 18.6. The molecule has 3 nitrogen and oxygen atoms in total. The maximum absolute atomic E-state index is 12.7. The van der Waals surface area contributed by atoms with Crippen molar-refractivity contribution in [1.82, 2.24) is 4.90 Å². The molecule has 1 aliphatic heterocycles. The summed E-state index contributed by atoms with van der Waals surface area (Å²) in [5, 5.41) is 9.01. The third-order valence-corrected chi connectivity index (χ3v) is 6.34. The van der Waals surface area contributed by atoms with Crippen LogP contribution in [-0.2, 0) is 12.2 Å². The van der Waals surface area contributed by atoms with Gasteiger partial charge in [0.2, 0.25) is 0 Å². The number of nitriles is 1. The Morgan fingerprint density at radius 3 is 2.95 bits per heavy atom. The number of thiophene rings is 1. The highest BCUT2D eigenvalue weighted by Gasteiger charge is 2.29. The average molecular weight is 306 g/mol. The van der Waals surface area contributed by atoms with Crippen molar-refractivity contribution in [2.75, 3.05) is 12.3 Å². The molecule has 20 heavy (non-hydrogen) atoms. The zero-order chi connectivity index (χ0) is 13.9. The first-order valence-electron chi connectivity index (χ1n) is 7.17. The summed E-state index contributed by atoms with van der Waals surface area (Å²) in [5.41, 5.74) is 1.33. The van der Waals surface area contributed by atoms with Gasteiger partial charge in [0.05, 0.1) is 10.9 Å². The van der Waals surface area contributed by atoms with Crippen LogP contribution in [0.25, 0.3) is 0 Å². The molecule has 106 valence electrons. The predicted octanol–water partition coefficient (Wildman–Crippen LogP) is 3.45. The van der Waals surface area contributed by atoms with Crippen LogP contribution in [0.4, 0.5) is 0 Å². The Balaban J connectivity index is 1.81. The number of amides is 1. The Morgan fingerprint density at radius 1 is 1.45 bits per heavy atom. The van der Waals surface area contributed by atoms with Crippen LogP contribution < -0.4 is 0 Å². The molecule has 2 heterocycles. The number of thioether (sulfide) groups is 1. The summed E-state index contributed by atoms with van der Waals surface area (Å²) in [6.07, 6.45) is 5.54. The van der Waals surface area contributed by atoms with Crippen molar-refractivity contribution < 1.29 is 4.79 Å². The summed E-state index contributed by atoms with van der Waals surface area (Å²) < 4.78 is 0. The van der Waals surface area contributed by atoms with Crippen LogP contribution >= 0.6 is 23.1 Å². The third kappa shape index (κ3) is 2.72. The Kier molecular flexibility index (Phi) is 4.32. The molecule has 1 aliphatic carbocycles. The van der Waals surface area contributed by atoms with Gasteiger partial charge in [0.1, 0.15) is 6.54 Å². The third-order valence-electron chi connectivity index (χ3n) is 4.11. The van der Waals surface area contributed by atoms with Crippen LogP contribution in [0, 0.1) is 11.3 Å². The Bertz CT molecular complexity index is 517. The molecule has 5 heteroatoms. The maximum atomic E-state index is 12.7. The molecule has 1 fully saturated rings. The Morgan fingerprint density at radius 2 is 2.25 bits per heavy atom. The minimum absolute atomic E-state index is 0.0721. The molecule has 0 atom stereocenters. The van der Waals surface area contributed by atoms with E-state index in [9.17, 15) is 4.79 Å². The van der Waals surface area contributed by atoms with Crippen molar-refractivity contribution in [3.8, 4) is 6.07 Å². The average Bonchev–Trinajstić information content (AvgIpc) is 3.12. The first-order chi connectivity index (χ1) is 9.79. The molecule has 1 aromatic rings. The van der Waals surface area contributed by atoms with Gasteiger partial charge in [0.15, 0.2) is 0 Å². The zero-order valence-electron chi connectivity index (χ0n) is 11.4. The van der Waals surface area contributed by atoms with Gasteiger partial charge in [0, 0.05) is 16.7 Å². The van der Waals surface area contributed by atoms with Gasteiger partial charge >= 0.3 is 0 Å². The van der Waals surface area contributed by atoms with Gasteiger partial charge in [-0.1, -0.05) is 12.8 Å². The number of rotatable bonds is 3. The lowest BCUT2D eigenvalue weighted by molar-refractivity contribution is 0.0714. The molecule has 0 aromatic carbocycles. The largest absolute Gasteiger partial charge is 0.322 e. The van der Waals surface area contributed by atoms with Crippen LogP contribution in [0.5, 0.6) is 0 Å². The van der Waals surface area contributed by atoms with Gasteiger partial charge < -0.3 is 4.90 Å². The van der Waals surface area contributed by atoms with E-state index < -0.39 is 0 Å². The molecule has 0 unspecified atom stereocenters. The number of carbonyl (C=O) groups is 1. The van der Waals surface area contributed by atoms with E-state index in [0.717, 1.165) is 35.6 Å². The van der Waals surface area contributed by atoms with Gasteiger partial charge in [0.25, 0.3) is 5.91 Å². The topological polar surface area (TPSA) is 44.1 Å². The molecule has 1 amide bonds. The van der Waals surface area contributed by atoms with E-state index in [1.807, 2.05) is 11.8 Å². The maximum Gasteiger partial charge on any atom is 0.265 e. The highest BCUT2D eigenvalue weighted by Crippen LogP contribution is 2.33. The number of hydrogen-bond acceptors (Lipinski definition) is 4. The molecular formula is C15H18N2OS2. The highest BCUT2D eigenvalue weighted by atomic mass is 32.2. The summed E-state index contributed by atoms with van der Waals surface area (Å²) >= 11 is 3.58. The number of nitrogens with zero attached hydrogens (tertiary/aromatic N) is 2. The SMILES string of the molecule is N#CCN(C(=O)c1cc2c(s1)CCSC2)C1CCCC1. The minimum atomic E-state index is 0.0721. The zero-order valence-corrected chi connectivity index (χ0v) is 13.1. The molecule has 0 bridgehead atoms. The molecule has 1 saturated carbocycles. The number of carbonyl (C=O) groups excluding carboxylic acids is 1. The van der Waals surface area contributed by atoms with E-state index in [0.29, 0.717) is 0 Å². The Hall–Kier alpha value is -0.990. The summed E-state index contributed by atoms with van der Waals surface area (Å²) in [7, 11) is 0. The van der Waals surface area contributed by atoms with E-state index in [-0.39, 0.29) is 18.5 Å². The molecular weight excluding hydrogens is 288 g/mol. The summed E-state index contributed by atoms with van der Waals surface area (Å²) in [6.45, 7) is 0.223. The molecule has 2 aliphatic rings. The summed E-state index contributed by atoms with van der Waals surface area (Å²) in [5.74, 6) is 2.26. The lowest BCUT2D eigenvalue weighted by Crippen LogP contribution is -2.38. The van der Waals surface area contributed by atoms with Gasteiger partial charge in [-0.15, -0.1) is 11.3 Å². The molecule has 3 rings (SSSR count). The highest BCUT2D eigenvalue weighted by molar-refractivity contribution is 7.98. The van der Waals surface area contributed by atoms with Crippen LogP contribution in [-0.4, -0.2) is 29.1 Å². The van der Waals surface area contributed by atoms with Gasteiger partial charge in [-0.05, 0) is 36.6 Å². The van der Waals surface area contributed by atoms with Gasteiger partial charge in [-0.25, -0.2) is 0 Å². The van der Waals surface area contributed by atoms with E-state index in [2.05, 4.69) is 12.1 Å². The van der Waals surface area contributed by atoms with Crippen molar-refractivity contribution >= 4 is 29.0 Å². The molecule has 1 aromatic heterocycles. The van der Waals surface area contributed by atoms with Crippen molar-refractivity contribution in [1.29, 1.82) is 5.26 Å². The lowest BCUT2D eigenvalue weighted by atomic mass is 10.2. The lowest BCUT2D eigenvalue weighted by Gasteiger charge is -2.25. The van der Waals surface area contributed by atoms with Crippen molar-refractivity contribution in [3.05, 3.63) is 21.4 Å². The second kappa shape index (κ2) is 6.19. The first kappa shape index (κ1) is 14.0. The van der Waals surface area contributed by atoms with Crippen LogP contribution in [0.2, 0.25) is 0 Å². The van der Waals surface area contributed by atoms with Gasteiger partial charge in [-0.3, -0.25) is 4.79 Å². The van der Waals surface area contributed by atoms with E-state index >= 15 is 0 Å². The summed E-state index contributed by atoms with van der Waals surface area (Å²) in [4.78, 5) is 16.7.